The molecule has 2 aliphatic heterocycles. The predicted octanol–water partition coefficient (Wildman–Crippen LogP) is 1.75. The summed E-state index contributed by atoms with van der Waals surface area (Å²) in [6.45, 7) is 2.15. The van der Waals surface area contributed by atoms with E-state index in [-0.39, 0.29) is 18.2 Å². The fourth-order valence-corrected chi connectivity index (χ4v) is 3.13. The number of amides is 2. The normalized spacial score (nSPS) is 36.9. The highest BCUT2D eigenvalue weighted by Crippen LogP contribution is 2.36. The Kier molecular flexibility index (Phi) is 2.77. The van der Waals surface area contributed by atoms with Crippen LogP contribution in [-0.2, 0) is 4.74 Å². The van der Waals surface area contributed by atoms with Crippen LogP contribution in [-0.4, -0.2) is 42.3 Å². The maximum absolute atomic E-state index is 12.1. The summed E-state index contributed by atoms with van der Waals surface area (Å²) in [5.41, 5.74) is 0. The fourth-order valence-electron chi connectivity index (χ4n) is 3.13. The molecule has 0 unspecified atom stereocenters. The average molecular weight is 238 g/mol. The quantitative estimate of drug-likeness (QED) is 0.814. The van der Waals surface area contributed by atoms with E-state index < -0.39 is 0 Å². The Bertz CT molecular complexity index is 317. The monoisotopic (exact) mass is 238 g/mol. The van der Waals surface area contributed by atoms with Gasteiger partial charge in [0.15, 0.2) is 0 Å². The zero-order valence-corrected chi connectivity index (χ0v) is 10.7. The van der Waals surface area contributed by atoms with Gasteiger partial charge in [-0.3, -0.25) is 0 Å². The van der Waals surface area contributed by atoms with Crippen molar-refractivity contribution in [3.63, 3.8) is 0 Å². The summed E-state index contributed by atoms with van der Waals surface area (Å²) in [4.78, 5) is 14.0. The van der Waals surface area contributed by atoms with Crippen LogP contribution >= 0.6 is 0 Å². The van der Waals surface area contributed by atoms with Crippen molar-refractivity contribution >= 4 is 6.03 Å². The molecule has 3 aliphatic rings. The smallest absolute Gasteiger partial charge is 0.317 e. The molecule has 3 fully saturated rings. The summed E-state index contributed by atoms with van der Waals surface area (Å²) in [7, 11) is 1.91. The van der Waals surface area contributed by atoms with E-state index in [1.165, 1.54) is 19.3 Å². The fraction of sp³-hybridized carbons (Fsp3) is 0.923. The lowest BCUT2D eigenvalue weighted by Gasteiger charge is -2.28. The molecule has 1 saturated carbocycles. The number of hydrogen-bond donors (Lipinski definition) is 1. The zero-order chi connectivity index (χ0) is 12.0. The first-order valence-corrected chi connectivity index (χ1v) is 6.84. The molecule has 2 amide bonds. The summed E-state index contributed by atoms with van der Waals surface area (Å²) in [6, 6.07) is 0.690. The lowest BCUT2D eigenvalue weighted by molar-refractivity contribution is 0.0967. The highest BCUT2D eigenvalue weighted by Gasteiger charge is 2.42. The number of ether oxygens (including phenoxy) is 1. The van der Waals surface area contributed by atoms with Crippen LogP contribution in [0, 0.1) is 5.92 Å². The Balaban J connectivity index is 1.52. The van der Waals surface area contributed by atoms with Crippen molar-refractivity contribution in [1.82, 2.24) is 10.2 Å². The molecule has 2 saturated heterocycles. The van der Waals surface area contributed by atoms with E-state index in [1.807, 2.05) is 11.9 Å². The average Bonchev–Trinajstić information content (AvgIpc) is 2.98. The van der Waals surface area contributed by atoms with Crippen molar-refractivity contribution in [2.45, 2.75) is 63.3 Å². The Morgan fingerprint density at radius 1 is 1.35 bits per heavy atom. The number of carbonyl (C=O) groups excluding carboxylic acids is 1. The largest absolute Gasteiger partial charge is 0.373 e. The van der Waals surface area contributed by atoms with E-state index in [2.05, 4.69) is 12.2 Å². The van der Waals surface area contributed by atoms with E-state index in [1.54, 1.807) is 0 Å². The molecule has 0 aromatic carbocycles. The molecule has 0 aromatic heterocycles. The molecule has 4 heteroatoms. The van der Waals surface area contributed by atoms with Crippen molar-refractivity contribution < 1.29 is 9.53 Å². The standard InChI is InChI=1S/C13H22N2O2/c1-8(9-3-4-9)15(2)13(16)14-11-7-10-5-6-12(11)17-10/h8-12H,3-7H2,1-2H3,(H,14,16)/t8-,10+,11+,12+/m0/s1. The maximum atomic E-state index is 12.1. The molecule has 96 valence electrons. The summed E-state index contributed by atoms with van der Waals surface area (Å²) in [5, 5.41) is 3.14. The van der Waals surface area contributed by atoms with Gasteiger partial charge in [-0.1, -0.05) is 0 Å². The van der Waals surface area contributed by atoms with Gasteiger partial charge in [0.2, 0.25) is 0 Å². The third-order valence-electron chi connectivity index (χ3n) is 4.65. The van der Waals surface area contributed by atoms with Gasteiger partial charge in [-0.15, -0.1) is 0 Å². The molecular formula is C13H22N2O2. The molecule has 0 aromatic rings. The Morgan fingerprint density at radius 2 is 2.12 bits per heavy atom. The Hall–Kier alpha value is -0.770. The van der Waals surface area contributed by atoms with E-state index in [0.29, 0.717) is 12.1 Å². The number of hydrogen-bond acceptors (Lipinski definition) is 2. The Morgan fingerprint density at radius 3 is 2.65 bits per heavy atom. The number of carbonyl (C=O) groups is 1. The van der Waals surface area contributed by atoms with E-state index in [0.717, 1.165) is 18.8 Å². The van der Waals surface area contributed by atoms with Gasteiger partial charge in [0, 0.05) is 13.1 Å². The second-order valence-corrected chi connectivity index (χ2v) is 5.85. The van der Waals surface area contributed by atoms with Gasteiger partial charge < -0.3 is 15.0 Å². The van der Waals surface area contributed by atoms with Crippen LogP contribution in [0.1, 0.15) is 39.0 Å². The first kappa shape index (κ1) is 11.3. The van der Waals surface area contributed by atoms with Crippen molar-refractivity contribution in [2.24, 2.45) is 5.92 Å². The third-order valence-corrected chi connectivity index (χ3v) is 4.65. The number of nitrogens with zero attached hydrogens (tertiary/aromatic N) is 1. The summed E-state index contributed by atoms with van der Waals surface area (Å²) in [5.74, 6) is 0.724. The van der Waals surface area contributed by atoms with Gasteiger partial charge in [0.05, 0.1) is 18.2 Å². The highest BCUT2D eigenvalue weighted by molar-refractivity contribution is 5.74. The van der Waals surface area contributed by atoms with Crippen LogP contribution < -0.4 is 5.32 Å². The minimum atomic E-state index is 0.0746. The first-order valence-electron chi connectivity index (χ1n) is 6.84. The number of urea groups is 1. The molecule has 0 radical (unpaired) electrons. The zero-order valence-electron chi connectivity index (χ0n) is 10.7. The van der Waals surface area contributed by atoms with Crippen LogP contribution in [0.3, 0.4) is 0 Å². The molecule has 1 aliphatic carbocycles. The van der Waals surface area contributed by atoms with Gasteiger partial charge in [-0.2, -0.15) is 0 Å². The number of rotatable bonds is 3. The van der Waals surface area contributed by atoms with Crippen molar-refractivity contribution in [3.05, 3.63) is 0 Å². The van der Waals surface area contributed by atoms with Crippen molar-refractivity contribution in [1.29, 1.82) is 0 Å². The molecule has 0 spiro atoms. The molecule has 2 bridgehead atoms. The minimum Gasteiger partial charge on any atom is -0.373 e. The van der Waals surface area contributed by atoms with Gasteiger partial charge in [0.1, 0.15) is 0 Å². The van der Waals surface area contributed by atoms with E-state index in [4.69, 9.17) is 4.74 Å². The van der Waals surface area contributed by atoms with E-state index in [9.17, 15) is 4.79 Å². The van der Waals surface area contributed by atoms with Gasteiger partial charge >= 0.3 is 6.03 Å². The molecule has 4 nitrogen and oxygen atoms in total. The van der Waals surface area contributed by atoms with Crippen LogP contribution in [0.15, 0.2) is 0 Å². The van der Waals surface area contributed by atoms with Crippen LogP contribution in [0.2, 0.25) is 0 Å². The molecule has 3 rings (SSSR count). The van der Waals surface area contributed by atoms with Crippen LogP contribution in [0.4, 0.5) is 4.79 Å². The van der Waals surface area contributed by atoms with Crippen LogP contribution in [0.5, 0.6) is 0 Å². The molecule has 17 heavy (non-hydrogen) atoms. The van der Waals surface area contributed by atoms with Crippen molar-refractivity contribution in [2.75, 3.05) is 7.05 Å². The van der Waals surface area contributed by atoms with Gasteiger partial charge in [-0.25, -0.2) is 4.79 Å². The topological polar surface area (TPSA) is 41.6 Å². The summed E-state index contributed by atoms with van der Waals surface area (Å²) >= 11 is 0. The SMILES string of the molecule is C[C@@H](C1CC1)N(C)C(=O)N[C@@H]1C[C@H]2CC[C@H]1O2. The predicted molar refractivity (Wildman–Crippen MR) is 64.8 cm³/mol. The van der Waals surface area contributed by atoms with Crippen molar-refractivity contribution in [3.8, 4) is 0 Å². The van der Waals surface area contributed by atoms with Crippen LogP contribution in [0.25, 0.3) is 0 Å². The highest BCUT2D eigenvalue weighted by atomic mass is 16.5. The summed E-state index contributed by atoms with van der Waals surface area (Å²) in [6.07, 6.45) is 6.50. The molecule has 4 atom stereocenters. The first-order chi connectivity index (χ1) is 8.15. The second kappa shape index (κ2) is 4.16. The molecular weight excluding hydrogens is 216 g/mol. The number of fused-ring (bicyclic) bond motifs is 2. The third kappa shape index (κ3) is 2.15. The lowest BCUT2D eigenvalue weighted by atomic mass is 9.96. The minimum absolute atomic E-state index is 0.0746. The second-order valence-electron chi connectivity index (χ2n) is 5.85. The van der Waals surface area contributed by atoms with Gasteiger partial charge in [-0.05, 0) is 44.9 Å². The van der Waals surface area contributed by atoms with E-state index >= 15 is 0 Å². The molecule has 1 N–H and O–H groups in total. The summed E-state index contributed by atoms with van der Waals surface area (Å²) < 4.78 is 5.75. The molecule has 2 heterocycles. The number of nitrogens with one attached hydrogen (secondary N) is 1. The lowest BCUT2D eigenvalue weighted by Crippen LogP contribution is -2.49. The van der Waals surface area contributed by atoms with Gasteiger partial charge in [0.25, 0.3) is 0 Å². The maximum Gasteiger partial charge on any atom is 0.317 e. The Labute approximate surface area is 103 Å².